The summed E-state index contributed by atoms with van der Waals surface area (Å²) in [5.74, 6) is 0.0590. The molecule has 2 N–H and O–H groups in total. The van der Waals surface area contributed by atoms with E-state index in [9.17, 15) is 14.0 Å². The third kappa shape index (κ3) is 8.44. The molecule has 4 rings (SSSR count). The molecule has 0 aliphatic carbocycles. The van der Waals surface area contributed by atoms with Gasteiger partial charge in [-0.15, -0.1) is 0 Å². The first-order chi connectivity index (χ1) is 19.8. The van der Waals surface area contributed by atoms with Crippen molar-refractivity contribution in [2.24, 2.45) is 5.10 Å². The molecule has 0 aliphatic rings. The molecule has 8 nitrogen and oxygen atoms in total. The van der Waals surface area contributed by atoms with Gasteiger partial charge in [0.2, 0.25) is 0 Å². The number of hydrogen-bond donors (Lipinski definition) is 2. The quantitative estimate of drug-likeness (QED) is 0.152. The first-order valence-electron chi connectivity index (χ1n) is 12.2. The van der Waals surface area contributed by atoms with Crippen LogP contribution in [0.2, 0.25) is 10.0 Å². The van der Waals surface area contributed by atoms with Crippen LogP contribution in [0, 0.1) is 5.82 Å². The second-order valence-electron chi connectivity index (χ2n) is 8.48. The minimum atomic E-state index is -0.440. The van der Waals surface area contributed by atoms with E-state index in [1.54, 1.807) is 72.8 Å². The number of para-hydroxylation sites is 1. The van der Waals surface area contributed by atoms with Crippen LogP contribution >= 0.6 is 23.2 Å². The number of amides is 2. The molecule has 4 aromatic carbocycles. The lowest BCUT2D eigenvalue weighted by Crippen LogP contribution is -2.20. The lowest BCUT2D eigenvalue weighted by atomic mass is 10.2. The van der Waals surface area contributed by atoms with Crippen molar-refractivity contribution in [3.8, 4) is 17.2 Å². The smallest absolute Gasteiger partial charge is 0.271 e. The maximum atomic E-state index is 13.3. The number of anilines is 1. The number of methoxy groups -OCH3 is 1. The van der Waals surface area contributed by atoms with Gasteiger partial charge in [0.25, 0.3) is 11.8 Å². The summed E-state index contributed by atoms with van der Waals surface area (Å²) in [5, 5.41) is 7.36. The highest BCUT2D eigenvalue weighted by Gasteiger charge is 2.10. The van der Waals surface area contributed by atoms with E-state index in [-0.39, 0.29) is 24.1 Å². The van der Waals surface area contributed by atoms with Crippen molar-refractivity contribution in [3.05, 3.63) is 117 Å². The first-order valence-corrected chi connectivity index (χ1v) is 12.9. The van der Waals surface area contributed by atoms with Crippen LogP contribution in [0.1, 0.15) is 21.5 Å². The first kappa shape index (κ1) is 29.4. The number of hydrazone groups is 1. The number of nitrogens with one attached hydrogen (secondary N) is 2. The Kier molecular flexibility index (Phi) is 10.1. The van der Waals surface area contributed by atoms with Gasteiger partial charge in [0, 0.05) is 16.8 Å². The monoisotopic (exact) mass is 595 g/mol. The molecule has 0 saturated carbocycles. The Labute approximate surface area is 245 Å². The number of carbonyl (C=O) groups excluding carboxylic acids is 2. The molecule has 0 aliphatic heterocycles. The summed E-state index contributed by atoms with van der Waals surface area (Å²) < 4.78 is 29.8. The van der Waals surface area contributed by atoms with E-state index in [0.717, 1.165) is 0 Å². The Hall–Kier alpha value is -4.60. The Morgan fingerprint density at radius 1 is 0.878 bits per heavy atom. The summed E-state index contributed by atoms with van der Waals surface area (Å²) in [7, 11) is 1.49. The molecule has 0 fully saturated rings. The standard InChI is InChI=1S/C30H24Cl2FN3O5/c1-39-28-14-19(6-13-27(28)40-17-21-7-10-22(33)15-25(21)32)16-34-36-30(38)20-8-11-23(12-9-20)35-29(37)18-41-26-5-3-2-4-24(26)31/h2-16H,17-18H2,1H3,(H,35,37)(H,36,38)/b34-16+. The molecular formula is C30H24Cl2FN3O5. The number of benzene rings is 4. The molecule has 2 amide bonds. The van der Waals surface area contributed by atoms with Gasteiger partial charge in [0.15, 0.2) is 18.1 Å². The van der Waals surface area contributed by atoms with Crippen molar-refractivity contribution in [1.29, 1.82) is 0 Å². The van der Waals surface area contributed by atoms with Gasteiger partial charge in [-0.05, 0) is 72.3 Å². The second-order valence-corrected chi connectivity index (χ2v) is 9.29. The zero-order valence-corrected chi connectivity index (χ0v) is 23.2. The molecule has 0 unspecified atom stereocenters. The number of nitrogens with zero attached hydrogens (tertiary/aromatic N) is 1. The molecule has 210 valence electrons. The summed E-state index contributed by atoms with van der Waals surface area (Å²) >= 11 is 12.1. The largest absolute Gasteiger partial charge is 0.493 e. The summed E-state index contributed by atoms with van der Waals surface area (Å²) in [6, 6.07) is 22.3. The van der Waals surface area contributed by atoms with Gasteiger partial charge in [-0.2, -0.15) is 5.10 Å². The van der Waals surface area contributed by atoms with Crippen LogP contribution < -0.4 is 25.0 Å². The van der Waals surface area contributed by atoms with E-state index in [2.05, 4.69) is 15.8 Å². The van der Waals surface area contributed by atoms with Crippen LogP contribution in [0.15, 0.2) is 90.0 Å². The SMILES string of the molecule is COc1cc(/C=N/NC(=O)c2ccc(NC(=O)COc3ccccc3Cl)cc2)ccc1OCc1ccc(F)cc1Cl. The number of ether oxygens (including phenoxy) is 3. The third-order valence-corrected chi connectivity index (χ3v) is 6.26. The lowest BCUT2D eigenvalue weighted by Gasteiger charge is -2.12. The number of carbonyl (C=O) groups is 2. The van der Waals surface area contributed by atoms with Gasteiger partial charge >= 0.3 is 0 Å². The molecule has 0 aromatic heterocycles. The highest BCUT2D eigenvalue weighted by atomic mass is 35.5. The molecule has 41 heavy (non-hydrogen) atoms. The van der Waals surface area contributed by atoms with Crippen molar-refractivity contribution in [2.75, 3.05) is 19.0 Å². The molecule has 0 saturated heterocycles. The number of halogens is 3. The van der Waals surface area contributed by atoms with Gasteiger partial charge in [0.1, 0.15) is 18.2 Å². The van der Waals surface area contributed by atoms with Crippen molar-refractivity contribution in [1.82, 2.24) is 5.43 Å². The zero-order valence-electron chi connectivity index (χ0n) is 21.7. The Morgan fingerprint density at radius 3 is 2.39 bits per heavy atom. The minimum absolute atomic E-state index is 0.123. The van der Waals surface area contributed by atoms with Crippen LogP contribution in [0.4, 0.5) is 10.1 Å². The van der Waals surface area contributed by atoms with E-state index in [1.807, 2.05) is 0 Å². The molecular weight excluding hydrogens is 572 g/mol. The summed E-state index contributed by atoms with van der Waals surface area (Å²) in [4.78, 5) is 24.7. The summed E-state index contributed by atoms with van der Waals surface area (Å²) in [5.41, 5.74) is 4.56. The normalized spacial score (nSPS) is 10.7. The molecule has 11 heteroatoms. The Balaban J connectivity index is 1.27. The van der Waals surface area contributed by atoms with E-state index in [4.69, 9.17) is 37.4 Å². The highest BCUT2D eigenvalue weighted by molar-refractivity contribution is 6.32. The number of rotatable bonds is 11. The van der Waals surface area contributed by atoms with Gasteiger partial charge in [-0.3, -0.25) is 9.59 Å². The fourth-order valence-corrected chi connectivity index (χ4v) is 3.93. The summed E-state index contributed by atoms with van der Waals surface area (Å²) in [6.45, 7) is -0.0983. The van der Waals surface area contributed by atoms with Crippen molar-refractivity contribution >= 4 is 46.9 Å². The van der Waals surface area contributed by atoms with E-state index in [0.29, 0.717) is 44.6 Å². The highest BCUT2D eigenvalue weighted by Crippen LogP contribution is 2.29. The number of hydrogen-bond acceptors (Lipinski definition) is 6. The van der Waals surface area contributed by atoms with E-state index < -0.39 is 11.7 Å². The summed E-state index contributed by atoms with van der Waals surface area (Å²) in [6.07, 6.45) is 1.45. The Bertz CT molecular complexity index is 1560. The minimum Gasteiger partial charge on any atom is -0.493 e. The molecule has 0 atom stereocenters. The zero-order chi connectivity index (χ0) is 29.2. The average molecular weight is 596 g/mol. The van der Waals surface area contributed by atoms with E-state index >= 15 is 0 Å². The molecule has 0 radical (unpaired) electrons. The van der Waals surface area contributed by atoms with Crippen LogP contribution in [0.3, 0.4) is 0 Å². The Morgan fingerprint density at radius 2 is 1.66 bits per heavy atom. The van der Waals surface area contributed by atoms with Crippen molar-refractivity contribution < 1.29 is 28.2 Å². The molecule has 0 heterocycles. The van der Waals surface area contributed by atoms with Crippen molar-refractivity contribution in [3.63, 3.8) is 0 Å². The topological polar surface area (TPSA) is 98.2 Å². The van der Waals surface area contributed by atoms with Gasteiger partial charge in [-0.1, -0.05) is 41.4 Å². The van der Waals surface area contributed by atoms with E-state index in [1.165, 1.54) is 25.5 Å². The van der Waals surface area contributed by atoms with Crippen molar-refractivity contribution in [2.45, 2.75) is 6.61 Å². The molecule has 0 spiro atoms. The maximum absolute atomic E-state index is 13.3. The second kappa shape index (κ2) is 14.2. The maximum Gasteiger partial charge on any atom is 0.271 e. The third-order valence-electron chi connectivity index (χ3n) is 5.59. The van der Waals surface area contributed by atoms with Crippen LogP contribution in [0.25, 0.3) is 0 Å². The van der Waals surface area contributed by atoms with Gasteiger partial charge in [0.05, 0.1) is 23.4 Å². The average Bonchev–Trinajstić information content (AvgIpc) is 2.97. The predicted molar refractivity (Wildman–Crippen MR) is 156 cm³/mol. The molecule has 4 aromatic rings. The lowest BCUT2D eigenvalue weighted by molar-refractivity contribution is -0.118. The van der Waals surface area contributed by atoms with Crippen LogP contribution in [0.5, 0.6) is 17.2 Å². The van der Waals surface area contributed by atoms with Gasteiger partial charge in [-0.25, -0.2) is 9.82 Å². The fourth-order valence-electron chi connectivity index (χ4n) is 3.52. The van der Waals surface area contributed by atoms with Crippen LogP contribution in [-0.4, -0.2) is 31.7 Å². The predicted octanol–water partition coefficient (Wildman–Crippen LogP) is 6.50. The molecule has 0 bridgehead atoms. The van der Waals surface area contributed by atoms with Crippen LogP contribution in [-0.2, 0) is 11.4 Å². The fraction of sp³-hybridized carbons (Fsp3) is 0.100. The van der Waals surface area contributed by atoms with Gasteiger partial charge < -0.3 is 19.5 Å².